The first-order valence-corrected chi connectivity index (χ1v) is 10.3. The van der Waals surface area contributed by atoms with E-state index in [0.29, 0.717) is 12.2 Å². The fraction of sp³-hybridized carbons (Fsp3) is 0.571. The van der Waals surface area contributed by atoms with Crippen molar-refractivity contribution in [3.05, 3.63) is 41.0 Å². The molecule has 4 rings (SSSR count). The van der Waals surface area contributed by atoms with Gasteiger partial charge in [-0.2, -0.15) is 5.10 Å². The summed E-state index contributed by atoms with van der Waals surface area (Å²) in [6.45, 7) is 5.58. The molecule has 1 saturated heterocycles. The van der Waals surface area contributed by atoms with Gasteiger partial charge in [-0.25, -0.2) is 4.98 Å². The van der Waals surface area contributed by atoms with Gasteiger partial charge >= 0.3 is 0 Å². The van der Waals surface area contributed by atoms with Gasteiger partial charge in [0.15, 0.2) is 5.69 Å². The van der Waals surface area contributed by atoms with Crippen LogP contribution in [0, 0.1) is 0 Å². The largest absolute Gasteiger partial charge is 0.370 e. The van der Waals surface area contributed by atoms with E-state index in [-0.39, 0.29) is 5.91 Å². The number of carbonyl (C=O) groups is 1. The Hall–Kier alpha value is -2.37. The summed E-state index contributed by atoms with van der Waals surface area (Å²) in [4.78, 5) is 22.1. The number of H-pyrrole nitrogens is 1. The van der Waals surface area contributed by atoms with Crippen molar-refractivity contribution in [1.29, 1.82) is 0 Å². The topological polar surface area (TPSA) is 65.1 Å². The minimum atomic E-state index is 0.0458. The molecule has 1 fully saturated rings. The Balaban J connectivity index is 1.55. The van der Waals surface area contributed by atoms with Crippen molar-refractivity contribution in [3.63, 3.8) is 0 Å². The molecule has 0 unspecified atom stereocenters. The molecule has 2 aromatic rings. The van der Waals surface area contributed by atoms with Gasteiger partial charge in [0, 0.05) is 50.1 Å². The van der Waals surface area contributed by atoms with E-state index in [1.54, 1.807) is 6.20 Å². The number of aromatic amines is 1. The Morgan fingerprint density at radius 3 is 2.89 bits per heavy atom. The number of aromatic nitrogens is 3. The van der Waals surface area contributed by atoms with E-state index in [9.17, 15) is 4.79 Å². The van der Waals surface area contributed by atoms with Crippen LogP contribution in [0.4, 0.5) is 5.69 Å². The van der Waals surface area contributed by atoms with E-state index in [2.05, 4.69) is 27.0 Å². The number of nitrogens with one attached hydrogen (secondary N) is 1. The number of aryl methyl sites for hydroxylation is 1. The first-order chi connectivity index (χ1) is 13.3. The number of anilines is 1. The van der Waals surface area contributed by atoms with Gasteiger partial charge in [-0.1, -0.05) is 13.3 Å². The molecule has 2 aromatic heterocycles. The summed E-state index contributed by atoms with van der Waals surface area (Å²) in [6.07, 6.45) is 9.48. The second-order valence-electron chi connectivity index (χ2n) is 7.63. The minimum Gasteiger partial charge on any atom is -0.370 e. The molecule has 0 aromatic carbocycles. The number of pyridine rings is 1. The molecule has 6 heteroatoms. The molecule has 0 aliphatic carbocycles. The van der Waals surface area contributed by atoms with Crippen molar-refractivity contribution in [2.75, 3.05) is 24.5 Å². The standard InChI is InChI=1S/C21H29N5O/c1-2-3-8-17-16-15-26(14-10-18(16)24-23-17)21(27)20-19(9-7-11-22-20)25-12-5-4-6-13-25/h7,9,11H,2-6,8,10,12-15H2,1H3,(H,23,24). The number of fused-ring (bicyclic) bond motifs is 1. The third kappa shape index (κ3) is 3.70. The maximum absolute atomic E-state index is 13.3. The lowest BCUT2D eigenvalue weighted by Crippen LogP contribution is -2.38. The van der Waals surface area contributed by atoms with Crippen LogP contribution >= 0.6 is 0 Å². The van der Waals surface area contributed by atoms with Gasteiger partial charge in [-0.15, -0.1) is 0 Å². The SMILES string of the molecule is CCCCc1n[nH]c2c1CN(C(=O)c1ncccc1N1CCCCC1)CC2. The van der Waals surface area contributed by atoms with Crippen LogP contribution in [0.2, 0.25) is 0 Å². The van der Waals surface area contributed by atoms with Crippen LogP contribution in [-0.2, 0) is 19.4 Å². The van der Waals surface area contributed by atoms with E-state index < -0.39 is 0 Å². The van der Waals surface area contributed by atoms with Crippen LogP contribution in [-0.4, -0.2) is 45.6 Å². The van der Waals surface area contributed by atoms with Crippen LogP contribution in [0.3, 0.4) is 0 Å². The summed E-state index contributed by atoms with van der Waals surface area (Å²) >= 11 is 0. The number of hydrogen-bond donors (Lipinski definition) is 1. The first kappa shape index (κ1) is 18.0. The zero-order valence-corrected chi connectivity index (χ0v) is 16.2. The smallest absolute Gasteiger partial charge is 0.274 e. The number of unbranched alkanes of at least 4 members (excludes halogenated alkanes) is 1. The summed E-state index contributed by atoms with van der Waals surface area (Å²) in [5.74, 6) is 0.0458. The fourth-order valence-corrected chi connectivity index (χ4v) is 4.18. The number of nitrogens with zero attached hydrogens (tertiary/aromatic N) is 4. The highest BCUT2D eigenvalue weighted by molar-refractivity contribution is 5.98. The predicted molar refractivity (Wildman–Crippen MR) is 106 cm³/mol. The molecular formula is C21H29N5O. The third-order valence-corrected chi connectivity index (χ3v) is 5.76. The van der Waals surface area contributed by atoms with Gasteiger partial charge in [-0.05, 0) is 44.2 Å². The van der Waals surface area contributed by atoms with E-state index >= 15 is 0 Å². The summed E-state index contributed by atoms with van der Waals surface area (Å²) in [6, 6.07) is 3.99. The molecule has 0 spiro atoms. The third-order valence-electron chi connectivity index (χ3n) is 5.76. The van der Waals surface area contributed by atoms with Crippen molar-refractivity contribution in [3.8, 4) is 0 Å². The van der Waals surface area contributed by atoms with Crippen LogP contribution in [0.15, 0.2) is 18.3 Å². The molecule has 0 atom stereocenters. The second-order valence-corrected chi connectivity index (χ2v) is 7.63. The number of rotatable bonds is 5. The lowest BCUT2D eigenvalue weighted by Gasteiger charge is -2.32. The quantitative estimate of drug-likeness (QED) is 0.880. The van der Waals surface area contributed by atoms with Crippen LogP contribution in [0.25, 0.3) is 0 Å². The molecule has 2 aliphatic heterocycles. The monoisotopic (exact) mass is 367 g/mol. The van der Waals surface area contributed by atoms with Gasteiger partial charge in [0.1, 0.15) is 0 Å². The van der Waals surface area contributed by atoms with Gasteiger partial charge in [0.25, 0.3) is 5.91 Å². The lowest BCUT2D eigenvalue weighted by molar-refractivity contribution is 0.0728. The van der Waals surface area contributed by atoms with Crippen molar-refractivity contribution < 1.29 is 4.79 Å². The van der Waals surface area contributed by atoms with Crippen molar-refractivity contribution in [2.45, 2.75) is 58.4 Å². The van der Waals surface area contributed by atoms with Crippen LogP contribution in [0.1, 0.15) is 66.5 Å². The molecule has 27 heavy (non-hydrogen) atoms. The van der Waals surface area contributed by atoms with Crippen molar-refractivity contribution in [1.82, 2.24) is 20.1 Å². The molecule has 144 valence electrons. The predicted octanol–water partition coefficient (Wildman–Crippen LogP) is 3.34. The number of hydrogen-bond acceptors (Lipinski definition) is 4. The summed E-state index contributed by atoms with van der Waals surface area (Å²) in [5.41, 5.74) is 5.13. The highest BCUT2D eigenvalue weighted by atomic mass is 16.2. The summed E-state index contributed by atoms with van der Waals surface area (Å²) in [7, 11) is 0. The molecule has 1 amide bonds. The number of piperidine rings is 1. The minimum absolute atomic E-state index is 0.0458. The molecule has 1 N–H and O–H groups in total. The van der Waals surface area contributed by atoms with E-state index in [1.165, 1.54) is 30.5 Å². The highest BCUT2D eigenvalue weighted by Crippen LogP contribution is 2.27. The molecular weight excluding hydrogens is 338 g/mol. The zero-order valence-electron chi connectivity index (χ0n) is 16.2. The van der Waals surface area contributed by atoms with E-state index in [0.717, 1.165) is 56.7 Å². The molecule has 4 heterocycles. The molecule has 6 nitrogen and oxygen atoms in total. The van der Waals surface area contributed by atoms with Gasteiger partial charge in [-0.3, -0.25) is 9.89 Å². The number of amides is 1. The number of carbonyl (C=O) groups excluding carboxylic acids is 1. The fourth-order valence-electron chi connectivity index (χ4n) is 4.18. The zero-order chi connectivity index (χ0) is 18.6. The van der Waals surface area contributed by atoms with Crippen LogP contribution in [0.5, 0.6) is 0 Å². The molecule has 2 aliphatic rings. The molecule has 0 saturated carbocycles. The van der Waals surface area contributed by atoms with Gasteiger partial charge in [0.05, 0.1) is 11.4 Å². The average molecular weight is 367 g/mol. The Morgan fingerprint density at radius 2 is 2.07 bits per heavy atom. The molecule has 0 radical (unpaired) electrons. The summed E-state index contributed by atoms with van der Waals surface area (Å²) in [5, 5.41) is 7.69. The second kappa shape index (κ2) is 8.11. The summed E-state index contributed by atoms with van der Waals surface area (Å²) < 4.78 is 0. The highest BCUT2D eigenvalue weighted by Gasteiger charge is 2.28. The first-order valence-electron chi connectivity index (χ1n) is 10.3. The average Bonchev–Trinajstić information content (AvgIpc) is 3.14. The van der Waals surface area contributed by atoms with E-state index in [1.807, 2.05) is 17.0 Å². The van der Waals surface area contributed by atoms with Crippen molar-refractivity contribution >= 4 is 11.6 Å². The maximum atomic E-state index is 13.3. The Bertz CT molecular complexity index is 794. The normalized spacial score (nSPS) is 17.1. The van der Waals surface area contributed by atoms with Crippen molar-refractivity contribution in [2.24, 2.45) is 0 Å². The Labute approximate surface area is 161 Å². The van der Waals surface area contributed by atoms with Gasteiger partial charge < -0.3 is 9.80 Å². The van der Waals surface area contributed by atoms with Gasteiger partial charge in [0.2, 0.25) is 0 Å². The lowest BCUT2D eigenvalue weighted by atomic mass is 10.0. The van der Waals surface area contributed by atoms with E-state index in [4.69, 9.17) is 0 Å². The Morgan fingerprint density at radius 1 is 1.22 bits per heavy atom. The molecule has 0 bridgehead atoms. The maximum Gasteiger partial charge on any atom is 0.274 e. The Kier molecular flexibility index (Phi) is 5.41. The van der Waals surface area contributed by atoms with Crippen LogP contribution < -0.4 is 4.90 Å².